The average molecular weight is 669 g/mol. The Balaban J connectivity index is 1.34. The molecule has 1 spiro atoms. The second kappa shape index (κ2) is 14.3. The van der Waals surface area contributed by atoms with Gasteiger partial charge in [0.25, 0.3) is 0 Å². The van der Waals surface area contributed by atoms with Gasteiger partial charge >= 0.3 is 23.9 Å². The molecule has 2 heterocycles. The first-order valence-electron chi connectivity index (χ1n) is 16.9. The molecule has 5 rings (SSSR count). The molecule has 2 aliphatic carbocycles. The van der Waals surface area contributed by atoms with Gasteiger partial charge in [-0.3, -0.25) is 9.59 Å². The molecule has 11 heteroatoms. The van der Waals surface area contributed by atoms with Crippen molar-refractivity contribution >= 4 is 30.0 Å². The minimum Gasteiger partial charge on any atom is -0.493 e. The maximum atomic E-state index is 12.9. The highest BCUT2D eigenvalue weighted by atomic mass is 16.6. The van der Waals surface area contributed by atoms with Crippen LogP contribution in [0.5, 0.6) is 11.5 Å². The van der Waals surface area contributed by atoms with E-state index in [9.17, 15) is 19.2 Å². The molecule has 0 aromatic heterocycles. The van der Waals surface area contributed by atoms with E-state index in [1.165, 1.54) is 13.2 Å². The predicted octanol–water partition coefficient (Wildman–Crippen LogP) is 5.38. The number of allylic oxidation sites excluding steroid dienone is 1. The van der Waals surface area contributed by atoms with Crippen LogP contribution in [0, 0.1) is 22.7 Å². The van der Waals surface area contributed by atoms with E-state index in [1.54, 1.807) is 45.2 Å². The largest absolute Gasteiger partial charge is 0.493 e. The van der Waals surface area contributed by atoms with Gasteiger partial charge in [-0.25, -0.2) is 9.59 Å². The third kappa shape index (κ3) is 6.97. The van der Waals surface area contributed by atoms with Crippen molar-refractivity contribution in [2.45, 2.75) is 90.4 Å². The number of carbonyl (C=O) groups is 4. The van der Waals surface area contributed by atoms with Crippen LogP contribution in [-0.2, 0) is 42.9 Å². The van der Waals surface area contributed by atoms with Crippen molar-refractivity contribution in [2.75, 3.05) is 34.0 Å². The van der Waals surface area contributed by atoms with Crippen LogP contribution in [0.25, 0.3) is 6.08 Å². The summed E-state index contributed by atoms with van der Waals surface area (Å²) in [4.78, 5) is 50.5. The molecule has 4 fully saturated rings. The number of fused-ring (bicyclic) bond motifs is 1. The van der Waals surface area contributed by atoms with E-state index in [2.05, 4.69) is 13.8 Å². The number of carbonyl (C=O) groups excluding carboxylic acids is 4. The molecular weight excluding hydrogens is 620 g/mol. The quantitative estimate of drug-likeness (QED) is 0.123. The lowest BCUT2D eigenvalue weighted by atomic mass is 9.45. The van der Waals surface area contributed by atoms with Crippen molar-refractivity contribution in [3.63, 3.8) is 0 Å². The molecule has 1 aromatic rings. The summed E-state index contributed by atoms with van der Waals surface area (Å²) in [5.74, 6) is -0.493. The van der Waals surface area contributed by atoms with Gasteiger partial charge in [-0.2, -0.15) is 0 Å². The van der Waals surface area contributed by atoms with Gasteiger partial charge in [0.2, 0.25) is 0 Å². The molecule has 2 saturated heterocycles. The zero-order valence-electron chi connectivity index (χ0n) is 28.8. The Labute approximate surface area is 282 Å². The number of rotatable bonds is 12. The number of cyclic esters (lactones) is 1. The summed E-state index contributed by atoms with van der Waals surface area (Å²) in [5, 5.41) is 0. The molecule has 48 heavy (non-hydrogen) atoms. The molecule has 262 valence electrons. The monoisotopic (exact) mass is 668 g/mol. The van der Waals surface area contributed by atoms with Gasteiger partial charge in [-0.05, 0) is 73.1 Å². The number of hydrogen-bond donors (Lipinski definition) is 0. The highest BCUT2D eigenvalue weighted by molar-refractivity contribution is 5.93. The summed E-state index contributed by atoms with van der Waals surface area (Å²) in [6, 6.07) is 5.27. The predicted molar refractivity (Wildman–Crippen MR) is 174 cm³/mol. The fourth-order valence-electron chi connectivity index (χ4n) is 8.37. The topological polar surface area (TPSA) is 136 Å². The Morgan fingerprint density at radius 3 is 2.38 bits per heavy atom. The molecular formula is C37H48O11. The average Bonchev–Trinajstić information content (AvgIpc) is 3.77. The normalized spacial score (nSPS) is 33.2. The molecule has 0 radical (unpaired) electrons. The van der Waals surface area contributed by atoms with E-state index in [-0.39, 0.29) is 66.9 Å². The molecule has 2 aliphatic heterocycles. The van der Waals surface area contributed by atoms with Gasteiger partial charge in [-0.15, -0.1) is 0 Å². The third-order valence-electron chi connectivity index (χ3n) is 11.1. The van der Waals surface area contributed by atoms with Crippen molar-refractivity contribution in [3.05, 3.63) is 41.5 Å². The first kappa shape index (κ1) is 35.4. The lowest BCUT2D eigenvalue weighted by Gasteiger charge is -2.61. The minimum absolute atomic E-state index is 0.0231. The van der Waals surface area contributed by atoms with E-state index in [4.69, 9.17) is 33.2 Å². The molecule has 0 amide bonds. The summed E-state index contributed by atoms with van der Waals surface area (Å²) in [5.41, 5.74) is -0.174. The zero-order valence-corrected chi connectivity index (χ0v) is 28.8. The SMILES string of the molecule is CCC(=O)OC[C@@]1(C)C2CC[C@]3(CO3)C(CC=C3C(=O)OC[C@H]3OC(=O)C=Cc3ccc(OC)c(OC)c3)[C@@]2(C)CC[C@H]1OC(=O)CC. The summed E-state index contributed by atoms with van der Waals surface area (Å²) in [6.45, 7) is 8.59. The number of esters is 4. The summed E-state index contributed by atoms with van der Waals surface area (Å²) < 4.78 is 39.5. The van der Waals surface area contributed by atoms with E-state index in [0.29, 0.717) is 42.1 Å². The number of methoxy groups -OCH3 is 2. The van der Waals surface area contributed by atoms with Gasteiger partial charge in [0, 0.05) is 24.3 Å². The molecule has 2 unspecified atom stereocenters. The molecule has 2 saturated carbocycles. The third-order valence-corrected chi connectivity index (χ3v) is 11.1. The first-order valence-corrected chi connectivity index (χ1v) is 16.9. The summed E-state index contributed by atoms with van der Waals surface area (Å²) in [7, 11) is 3.08. The van der Waals surface area contributed by atoms with Crippen LogP contribution < -0.4 is 9.47 Å². The standard InChI is InChI=1S/C37H48O11/c1-7-31(38)45-21-36(4)28-15-18-37(22-46-37)29(35(28,3)17-16-30(36)48-32(39)8-2)13-11-24-27(20-44-34(24)41)47-33(40)14-10-23-9-12-25(42-5)26(19-23)43-6/h9-12,14,19,27-30H,7-8,13,15-18,20-22H2,1-6H3/t27-,28?,29?,30-,35+,36+,37+/m1/s1. The van der Waals surface area contributed by atoms with Gasteiger partial charge in [0.1, 0.15) is 19.3 Å². The van der Waals surface area contributed by atoms with Crippen molar-refractivity contribution in [2.24, 2.45) is 22.7 Å². The lowest BCUT2D eigenvalue weighted by molar-refractivity contribution is -0.203. The molecule has 4 aliphatic rings. The van der Waals surface area contributed by atoms with Crippen LogP contribution in [0.1, 0.15) is 78.2 Å². The van der Waals surface area contributed by atoms with Crippen molar-refractivity contribution in [1.29, 1.82) is 0 Å². The van der Waals surface area contributed by atoms with Crippen LogP contribution in [0.2, 0.25) is 0 Å². The first-order chi connectivity index (χ1) is 22.9. The van der Waals surface area contributed by atoms with Crippen LogP contribution in [0.3, 0.4) is 0 Å². The van der Waals surface area contributed by atoms with E-state index in [0.717, 1.165) is 19.3 Å². The van der Waals surface area contributed by atoms with Gasteiger partial charge in [0.05, 0.1) is 32.0 Å². The fourth-order valence-corrected chi connectivity index (χ4v) is 8.37. The van der Waals surface area contributed by atoms with Crippen molar-refractivity contribution < 1.29 is 52.3 Å². The molecule has 1 aromatic carbocycles. The molecule has 7 atom stereocenters. The second-order valence-electron chi connectivity index (χ2n) is 13.8. The van der Waals surface area contributed by atoms with Crippen molar-refractivity contribution in [1.82, 2.24) is 0 Å². The second-order valence-corrected chi connectivity index (χ2v) is 13.8. The maximum Gasteiger partial charge on any atom is 0.337 e. The Bertz CT molecular complexity index is 1460. The van der Waals surface area contributed by atoms with Crippen LogP contribution >= 0.6 is 0 Å². The fraction of sp³-hybridized carbons (Fsp3) is 0.622. The number of ether oxygens (including phenoxy) is 7. The Morgan fingerprint density at radius 2 is 1.71 bits per heavy atom. The Kier molecular flexibility index (Phi) is 10.6. The lowest BCUT2D eigenvalue weighted by Crippen LogP contribution is -2.61. The van der Waals surface area contributed by atoms with Crippen LogP contribution in [0.4, 0.5) is 0 Å². The minimum atomic E-state index is -0.841. The number of benzene rings is 1. The Morgan fingerprint density at radius 1 is 0.979 bits per heavy atom. The van der Waals surface area contributed by atoms with E-state index in [1.807, 2.05) is 6.08 Å². The van der Waals surface area contributed by atoms with Crippen LogP contribution in [-0.4, -0.2) is 75.7 Å². The molecule has 0 bridgehead atoms. The highest BCUT2D eigenvalue weighted by Crippen LogP contribution is 2.66. The summed E-state index contributed by atoms with van der Waals surface area (Å²) in [6.07, 6.45) is 7.60. The summed E-state index contributed by atoms with van der Waals surface area (Å²) >= 11 is 0. The zero-order chi connectivity index (χ0) is 34.7. The highest BCUT2D eigenvalue weighted by Gasteiger charge is 2.67. The van der Waals surface area contributed by atoms with E-state index < -0.39 is 23.5 Å². The van der Waals surface area contributed by atoms with Gasteiger partial charge in [-0.1, -0.05) is 39.8 Å². The molecule has 11 nitrogen and oxygen atoms in total. The Hall–Kier alpha value is -3.86. The van der Waals surface area contributed by atoms with E-state index >= 15 is 0 Å². The molecule has 0 N–H and O–H groups in total. The van der Waals surface area contributed by atoms with Crippen LogP contribution in [0.15, 0.2) is 35.9 Å². The maximum absolute atomic E-state index is 12.9. The number of epoxide rings is 1. The van der Waals surface area contributed by atoms with Crippen molar-refractivity contribution in [3.8, 4) is 11.5 Å². The smallest absolute Gasteiger partial charge is 0.337 e. The van der Waals surface area contributed by atoms with Gasteiger partial charge in [0.15, 0.2) is 17.6 Å². The van der Waals surface area contributed by atoms with Gasteiger partial charge < -0.3 is 33.2 Å². The number of hydrogen-bond acceptors (Lipinski definition) is 11.